The average Bonchev–Trinajstić information content (AvgIpc) is 3.02. The summed E-state index contributed by atoms with van der Waals surface area (Å²) in [7, 11) is 0. The quantitative estimate of drug-likeness (QED) is 0.537. The Morgan fingerprint density at radius 2 is 1.72 bits per heavy atom. The molecule has 1 aromatic heterocycles. The molecule has 0 atom stereocenters. The summed E-state index contributed by atoms with van der Waals surface area (Å²) in [6.45, 7) is 0. The maximum absolute atomic E-state index is 12.1. The van der Waals surface area contributed by atoms with E-state index in [9.17, 15) is 14.9 Å². The van der Waals surface area contributed by atoms with Crippen molar-refractivity contribution < 1.29 is 14.1 Å². The number of nitro groups is 1. The normalized spacial score (nSPS) is 10.5. The third-order valence-corrected chi connectivity index (χ3v) is 3.53. The van der Waals surface area contributed by atoms with Crippen LogP contribution in [-0.4, -0.2) is 21.0 Å². The third kappa shape index (κ3) is 3.93. The molecule has 10 heteroatoms. The van der Waals surface area contributed by atoms with E-state index in [0.29, 0.717) is 15.6 Å². The Hall–Kier alpha value is -2.97. The number of non-ortho nitro benzene ring substituents is 1. The van der Waals surface area contributed by atoms with Crippen molar-refractivity contribution in [3.8, 4) is 11.5 Å². The number of hydrogen-bond acceptors (Lipinski definition) is 6. The van der Waals surface area contributed by atoms with Gasteiger partial charge < -0.3 is 4.42 Å². The first-order valence-electron chi connectivity index (χ1n) is 6.78. The number of nitro benzene ring substituents is 1. The second-order valence-electron chi connectivity index (χ2n) is 4.83. The SMILES string of the molecule is O=C(Nc1nnc(-c2cc(Cl)cc(Cl)c2)o1)c1ccc([N+](=O)[O-])cc1. The van der Waals surface area contributed by atoms with E-state index in [-0.39, 0.29) is 23.2 Å². The number of aromatic nitrogens is 2. The Morgan fingerprint density at radius 3 is 2.32 bits per heavy atom. The van der Waals surface area contributed by atoms with Crippen molar-refractivity contribution in [3.63, 3.8) is 0 Å². The first-order chi connectivity index (χ1) is 11.9. The number of halogens is 2. The number of carbonyl (C=O) groups is 1. The maximum atomic E-state index is 12.1. The molecule has 0 saturated heterocycles. The van der Waals surface area contributed by atoms with Gasteiger partial charge in [0.1, 0.15) is 0 Å². The largest absolute Gasteiger partial charge is 0.403 e. The van der Waals surface area contributed by atoms with E-state index in [1.54, 1.807) is 18.2 Å². The predicted molar refractivity (Wildman–Crippen MR) is 90.8 cm³/mol. The van der Waals surface area contributed by atoms with E-state index in [0.717, 1.165) is 0 Å². The molecule has 25 heavy (non-hydrogen) atoms. The molecular weight excluding hydrogens is 371 g/mol. The average molecular weight is 379 g/mol. The molecule has 0 bridgehead atoms. The Morgan fingerprint density at radius 1 is 1.08 bits per heavy atom. The standard InChI is InChI=1S/C15H8Cl2N4O4/c16-10-5-9(6-11(17)7-10)14-19-20-15(25-14)18-13(22)8-1-3-12(4-2-8)21(23)24/h1-7H,(H,18,20,22). The van der Waals surface area contributed by atoms with Crippen LogP contribution < -0.4 is 5.32 Å². The van der Waals surface area contributed by atoms with E-state index in [4.69, 9.17) is 27.6 Å². The zero-order valence-electron chi connectivity index (χ0n) is 12.3. The van der Waals surface area contributed by atoms with Gasteiger partial charge in [0.25, 0.3) is 11.6 Å². The molecule has 126 valence electrons. The number of carbonyl (C=O) groups excluding carboxylic acids is 1. The zero-order chi connectivity index (χ0) is 18.0. The lowest BCUT2D eigenvalue weighted by Gasteiger charge is -2.00. The Kier molecular flexibility index (Phi) is 4.64. The summed E-state index contributed by atoms with van der Waals surface area (Å²) in [5.74, 6) is -0.419. The van der Waals surface area contributed by atoms with Crippen LogP contribution in [0.1, 0.15) is 10.4 Å². The summed E-state index contributed by atoms with van der Waals surface area (Å²) in [6.07, 6.45) is 0. The van der Waals surface area contributed by atoms with Crippen LogP contribution >= 0.6 is 23.2 Å². The molecule has 1 amide bonds. The van der Waals surface area contributed by atoms with E-state index >= 15 is 0 Å². The van der Waals surface area contributed by atoms with Gasteiger partial charge in [-0.2, -0.15) is 0 Å². The van der Waals surface area contributed by atoms with Gasteiger partial charge in [-0.25, -0.2) is 0 Å². The van der Waals surface area contributed by atoms with E-state index in [1.165, 1.54) is 24.3 Å². The topological polar surface area (TPSA) is 111 Å². The van der Waals surface area contributed by atoms with Gasteiger partial charge >= 0.3 is 6.01 Å². The first-order valence-corrected chi connectivity index (χ1v) is 7.54. The Labute approximate surface area is 150 Å². The number of nitrogens with one attached hydrogen (secondary N) is 1. The maximum Gasteiger partial charge on any atom is 0.322 e. The number of rotatable bonds is 4. The molecule has 1 heterocycles. The van der Waals surface area contributed by atoms with Gasteiger partial charge in [-0.3, -0.25) is 20.2 Å². The van der Waals surface area contributed by atoms with Crippen LogP contribution in [0, 0.1) is 10.1 Å². The highest BCUT2D eigenvalue weighted by atomic mass is 35.5. The van der Waals surface area contributed by atoms with Crippen molar-refractivity contribution in [1.82, 2.24) is 10.2 Å². The molecule has 3 aromatic rings. The number of nitrogens with zero attached hydrogens (tertiary/aromatic N) is 3. The minimum atomic E-state index is -0.553. The van der Waals surface area contributed by atoms with Crippen LogP contribution in [0.25, 0.3) is 11.5 Å². The van der Waals surface area contributed by atoms with Crippen molar-refractivity contribution in [2.75, 3.05) is 5.32 Å². The minimum Gasteiger partial charge on any atom is -0.403 e. The molecule has 0 saturated carbocycles. The highest BCUT2D eigenvalue weighted by molar-refractivity contribution is 6.35. The fourth-order valence-corrected chi connectivity index (χ4v) is 2.50. The first kappa shape index (κ1) is 16.9. The lowest BCUT2D eigenvalue weighted by Crippen LogP contribution is -2.12. The molecule has 2 aromatic carbocycles. The lowest BCUT2D eigenvalue weighted by atomic mass is 10.2. The molecule has 0 aliphatic carbocycles. The molecular formula is C15H8Cl2N4O4. The third-order valence-electron chi connectivity index (χ3n) is 3.10. The van der Waals surface area contributed by atoms with E-state index < -0.39 is 10.8 Å². The van der Waals surface area contributed by atoms with Gasteiger partial charge in [0.2, 0.25) is 5.89 Å². The number of amides is 1. The van der Waals surface area contributed by atoms with E-state index in [1.807, 2.05) is 0 Å². The van der Waals surface area contributed by atoms with Gasteiger partial charge in [0, 0.05) is 33.3 Å². The summed E-state index contributed by atoms with van der Waals surface area (Å²) in [4.78, 5) is 22.2. The van der Waals surface area contributed by atoms with Crippen molar-refractivity contribution in [1.29, 1.82) is 0 Å². The van der Waals surface area contributed by atoms with Crippen molar-refractivity contribution in [2.24, 2.45) is 0 Å². The second-order valence-corrected chi connectivity index (χ2v) is 5.70. The van der Waals surface area contributed by atoms with Crippen LogP contribution in [0.5, 0.6) is 0 Å². The second kappa shape index (κ2) is 6.88. The highest BCUT2D eigenvalue weighted by Gasteiger charge is 2.14. The van der Waals surface area contributed by atoms with Crippen LogP contribution in [0.15, 0.2) is 46.9 Å². The molecule has 0 unspecified atom stereocenters. The number of benzene rings is 2. The Bertz CT molecular complexity index is 936. The van der Waals surface area contributed by atoms with Crippen LogP contribution in [0.3, 0.4) is 0 Å². The number of anilines is 1. The molecule has 1 N–H and O–H groups in total. The summed E-state index contributed by atoms with van der Waals surface area (Å²) >= 11 is 11.8. The lowest BCUT2D eigenvalue weighted by molar-refractivity contribution is -0.384. The number of hydrogen-bond donors (Lipinski definition) is 1. The molecule has 0 radical (unpaired) electrons. The molecule has 0 aliphatic heterocycles. The van der Waals surface area contributed by atoms with Crippen LogP contribution in [-0.2, 0) is 0 Å². The van der Waals surface area contributed by atoms with E-state index in [2.05, 4.69) is 15.5 Å². The van der Waals surface area contributed by atoms with Crippen molar-refractivity contribution in [2.45, 2.75) is 0 Å². The minimum absolute atomic E-state index is 0.116. The van der Waals surface area contributed by atoms with Gasteiger partial charge in [-0.05, 0) is 30.3 Å². The van der Waals surface area contributed by atoms with Gasteiger partial charge in [0.05, 0.1) is 4.92 Å². The monoisotopic (exact) mass is 378 g/mol. The summed E-state index contributed by atoms with van der Waals surface area (Å²) in [5, 5.41) is 21.4. The van der Waals surface area contributed by atoms with Gasteiger partial charge in [0.15, 0.2) is 0 Å². The molecule has 0 fully saturated rings. The fourth-order valence-electron chi connectivity index (χ4n) is 1.97. The highest BCUT2D eigenvalue weighted by Crippen LogP contribution is 2.27. The molecule has 3 rings (SSSR count). The van der Waals surface area contributed by atoms with Gasteiger partial charge in [-0.15, -0.1) is 5.10 Å². The molecule has 0 spiro atoms. The zero-order valence-corrected chi connectivity index (χ0v) is 13.8. The Balaban J connectivity index is 1.76. The predicted octanol–water partition coefficient (Wildman–Crippen LogP) is 4.20. The van der Waals surface area contributed by atoms with Crippen LogP contribution in [0.4, 0.5) is 11.7 Å². The van der Waals surface area contributed by atoms with Crippen molar-refractivity contribution >= 4 is 40.8 Å². The van der Waals surface area contributed by atoms with Crippen molar-refractivity contribution in [3.05, 3.63) is 68.2 Å². The summed E-state index contributed by atoms with van der Waals surface area (Å²) in [5.41, 5.74) is 0.589. The fraction of sp³-hybridized carbons (Fsp3) is 0. The smallest absolute Gasteiger partial charge is 0.322 e. The summed E-state index contributed by atoms with van der Waals surface area (Å²) < 4.78 is 5.35. The van der Waals surface area contributed by atoms with Gasteiger partial charge in [-0.1, -0.05) is 28.3 Å². The summed E-state index contributed by atoms with van der Waals surface area (Å²) in [6, 6.07) is 9.69. The molecule has 0 aliphatic rings. The van der Waals surface area contributed by atoms with Crippen LogP contribution in [0.2, 0.25) is 10.0 Å². The molecule has 8 nitrogen and oxygen atoms in total.